The Labute approximate surface area is 224 Å². The first kappa shape index (κ1) is 26.5. The Bertz CT molecular complexity index is 1390. The van der Waals surface area contributed by atoms with Crippen LogP contribution in [0.2, 0.25) is 5.02 Å². The van der Waals surface area contributed by atoms with E-state index >= 15 is 0 Å². The number of anilines is 1. The van der Waals surface area contributed by atoms with Gasteiger partial charge in [0, 0.05) is 5.69 Å². The minimum Gasteiger partial charge on any atom is -0.494 e. The van der Waals surface area contributed by atoms with Crippen molar-refractivity contribution in [3.05, 3.63) is 69.7 Å². The lowest BCUT2D eigenvalue weighted by atomic mass is 10.2. The van der Waals surface area contributed by atoms with Gasteiger partial charge < -0.3 is 10.1 Å². The molecule has 14 heteroatoms. The molecule has 2 N–H and O–H groups in total. The molecule has 0 spiro atoms. The van der Waals surface area contributed by atoms with Gasteiger partial charge in [-0.15, -0.1) is 20.4 Å². The van der Waals surface area contributed by atoms with Gasteiger partial charge in [-0.1, -0.05) is 40.8 Å². The SMILES string of the molecule is CCOc1ccc(-n2c(CNC(=O)c3c(F)cccc3Cl)nnc2SCC(=O)Nc2nnc(C)s2)cc1. The molecule has 0 saturated carbocycles. The minimum atomic E-state index is -0.731. The molecule has 0 bridgehead atoms. The molecular weight excluding hydrogens is 541 g/mol. The average molecular weight is 562 g/mol. The van der Waals surface area contributed by atoms with E-state index in [1.165, 1.54) is 23.5 Å². The van der Waals surface area contributed by atoms with Crippen molar-refractivity contribution in [2.24, 2.45) is 0 Å². The minimum absolute atomic E-state index is 0.00152. The van der Waals surface area contributed by atoms with E-state index in [1.54, 1.807) is 23.6 Å². The Morgan fingerprint density at radius 3 is 2.59 bits per heavy atom. The second-order valence-electron chi connectivity index (χ2n) is 7.40. The number of rotatable bonds is 10. The molecule has 4 rings (SSSR count). The molecule has 0 aliphatic rings. The van der Waals surface area contributed by atoms with Crippen molar-refractivity contribution in [3.63, 3.8) is 0 Å². The fraction of sp³-hybridized carbons (Fsp3) is 0.217. The van der Waals surface area contributed by atoms with Crippen LogP contribution in [0.4, 0.5) is 9.52 Å². The van der Waals surface area contributed by atoms with Crippen LogP contribution < -0.4 is 15.4 Å². The van der Waals surface area contributed by atoms with E-state index in [9.17, 15) is 14.0 Å². The van der Waals surface area contributed by atoms with Crippen LogP contribution in [0.15, 0.2) is 47.6 Å². The fourth-order valence-electron chi connectivity index (χ4n) is 3.22. The highest BCUT2D eigenvalue weighted by Gasteiger charge is 2.20. The summed E-state index contributed by atoms with van der Waals surface area (Å²) in [6.45, 7) is 4.13. The van der Waals surface area contributed by atoms with Crippen LogP contribution in [-0.2, 0) is 11.3 Å². The number of carbonyl (C=O) groups is 2. The average Bonchev–Trinajstić information content (AvgIpc) is 3.47. The number of nitrogens with one attached hydrogen (secondary N) is 2. The van der Waals surface area contributed by atoms with E-state index in [2.05, 4.69) is 31.0 Å². The molecule has 10 nitrogen and oxygen atoms in total. The van der Waals surface area contributed by atoms with Crippen LogP contribution >= 0.6 is 34.7 Å². The lowest BCUT2D eigenvalue weighted by molar-refractivity contribution is -0.113. The van der Waals surface area contributed by atoms with Crippen molar-refractivity contribution in [1.29, 1.82) is 0 Å². The predicted octanol–water partition coefficient (Wildman–Crippen LogP) is 4.28. The highest BCUT2D eigenvalue weighted by molar-refractivity contribution is 7.99. The number of aryl methyl sites for hydroxylation is 1. The monoisotopic (exact) mass is 561 g/mol. The van der Waals surface area contributed by atoms with E-state index < -0.39 is 11.7 Å². The lowest BCUT2D eigenvalue weighted by Crippen LogP contribution is -2.26. The molecule has 4 aromatic rings. The Morgan fingerprint density at radius 1 is 1.14 bits per heavy atom. The standard InChI is InChI=1S/C23H21ClFN7O3S2/c1-3-35-15-9-7-14(8-10-15)32-18(11-26-21(34)20-16(24)5-4-6-17(20)25)29-31-23(32)36-12-19(33)27-22-30-28-13(2)37-22/h4-10H,3,11-12H2,1-2H3,(H,26,34)(H,27,30,33). The summed E-state index contributed by atoms with van der Waals surface area (Å²) < 4.78 is 21.4. The topological polar surface area (TPSA) is 124 Å². The van der Waals surface area contributed by atoms with E-state index in [4.69, 9.17) is 16.3 Å². The van der Waals surface area contributed by atoms with Crippen LogP contribution in [0, 0.1) is 12.7 Å². The van der Waals surface area contributed by atoms with Crippen molar-refractivity contribution < 1.29 is 18.7 Å². The Kier molecular flexibility index (Phi) is 8.69. The molecule has 2 aromatic carbocycles. The fourth-order valence-corrected chi connectivity index (χ4v) is 4.85. The molecule has 0 unspecified atom stereocenters. The molecule has 37 heavy (non-hydrogen) atoms. The van der Waals surface area contributed by atoms with E-state index in [-0.39, 0.29) is 28.8 Å². The molecule has 0 aliphatic heterocycles. The normalized spacial score (nSPS) is 10.8. The van der Waals surface area contributed by atoms with Crippen molar-refractivity contribution in [1.82, 2.24) is 30.3 Å². The van der Waals surface area contributed by atoms with Gasteiger partial charge in [-0.25, -0.2) is 4.39 Å². The molecular formula is C23H21ClFN7O3S2. The maximum absolute atomic E-state index is 14.2. The molecule has 0 radical (unpaired) electrons. The molecule has 2 amide bonds. The summed E-state index contributed by atoms with van der Waals surface area (Å²) in [6.07, 6.45) is 0. The lowest BCUT2D eigenvalue weighted by Gasteiger charge is -2.12. The molecule has 0 fully saturated rings. The summed E-state index contributed by atoms with van der Waals surface area (Å²) in [7, 11) is 0. The number of thioether (sulfide) groups is 1. The molecule has 0 atom stereocenters. The van der Waals surface area contributed by atoms with Gasteiger partial charge in [0.05, 0.1) is 29.5 Å². The zero-order valence-corrected chi connectivity index (χ0v) is 22.1. The summed E-state index contributed by atoms with van der Waals surface area (Å²) in [4.78, 5) is 25.1. The summed E-state index contributed by atoms with van der Waals surface area (Å²) in [5.74, 6) is -0.621. The third-order valence-corrected chi connectivity index (χ3v) is 6.81. The van der Waals surface area contributed by atoms with Crippen molar-refractivity contribution in [3.8, 4) is 11.4 Å². The maximum Gasteiger partial charge on any atom is 0.256 e. The van der Waals surface area contributed by atoms with Crippen LogP contribution in [0.1, 0.15) is 28.1 Å². The van der Waals surface area contributed by atoms with E-state index in [0.717, 1.165) is 22.8 Å². The van der Waals surface area contributed by atoms with Gasteiger partial charge in [0.2, 0.25) is 11.0 Å². The summed E-state index contributed by atoms with van der Waals surface area (Å²) in [6, 6.07) is 11.2. The Hall–Kier alpha value is -3.55. The summed E-state index contributed by atoms with van der Waals surface area (Å²) in [5, 5.41) is 23.1. The third-order valence-electron chi connectivity index (χ3n) is 4.81. The smallest absolute Gasteiger partial charge is 0.256 e. The maximum atomic E-state index is 14.2. The number of aromatic nitrogens is 5. The first-order valence-corrected chi connectivity index (χ1v) is 13.2. The zero-order valence-electron chi connectivity index (χ0n) is 19.7. The molecule has 0 saturated heterocycles. The van der Waals surface area contributed by atoms with Crippen LogP contribution in [0.3, 0.4) is 0 Å². The van der Waals surface area contributed by atoms with Crippen molar-refractivity contribution >= 4 is 51.6 Å². The van der Waals surface area contributed by atoms with Gasteiger partial charge in [-0.05, 0) is 50.2 Å². The molecule has 2 aromatic heterocycles. The molecule has 192 valence electrons. The summed E-state index contributed by atoms with van der Waals surface area (Å²) >= 11 is 8.44. The van der Waals surface area contributed by atoms with Crippen molar-refractivity contribution in [2.45, 2.75) is 25.5 Å². The molecule has 0 aliphatic carbocycles. The summed E-state index contributed by atoms with van der Waals surface area (Å²) in [5.41, 5.74) is 0.429. The zero-order chi connectivity index (χ0) is 26.4. The molecule has 2 heterocycles. The highest BCUT2D eigenvalue weighted by Crippen LogP contribution is 2.25. The van der Waals surface area contributed by atoms with E-state index in [0.29, 0.717) is 34.2 Å². The second-order valence-corrected chi connectivity index (χ2v) is 9.93. The number of hydrogen-bond acceptors (Lipinski definition) is 9. The van der Waals surface area contributed by atoms with Crippen LogP contribution in [0.5, 0.6) is 5.75 Å². The number of carbonyl (C=O) groups excluding carboxylic acids is 2. The number of halogens is 2. The highest BCUT2D eigenvalue weighted by atomic mass is 35.5. The van der Waals surface area contributed by atoms with E-state index in [1.807, 2.05) is 19.1 Å². The van der Waals surface area contributed by atoms with Gasteiger partial charge in [0.1, 0.15) is 16.6 Å². The first-order valence-electron chi connectivity index (χ1n) is 11.0. The van der Waals surface area contributed by atoms with Gasteiger partial charge in [-0.3, -0.25) is 19.5 Å². The second kappa shape index (κ2) is 12.1. The largest absolute Gasteiger partial charge is 0.494 e. The quantitative estimate of drug-likeness (QED) is 0.275. The number of nitrogens with zero attached hydrogens (tertiary/aromatic N) is 5. The first-order chi connectivity index (χ1) is 17.9. The number of ether oxygens (including phenoxy) is 1. The Balaban J connectivity index is 1.54. The predicted molar refractivity (Wildman–Crippen MR) is 139 cm³/mol. The number of hydrogen-bond donors (Lipinski definition) is 2. The van der Waals surface area contributed by atoms with Crippen LogP contribution in [-0.4, -0.2) is 49.1 Å². The van der Waals surface area contributed by atoms with Gasteiger partial charge >= 0.3 is 0 Å². The Morgan fingerprint density at radius 2 is 1.92 bits per heavy atom. The van der Waals surface area contributed by atoms with Gasteiger partial charge in [0.25, 0.3) is 5.91 Å². The van der Waals surface area contributed by atoms with Gasteiger partial charge in [-0.2, -0.15) is 0 Å². The number of amides is 2. The third kappa shape index (κ3) is 6.61. The van der Waals surface area contributed by atoms with Crippen molar-refractivity contribution in [2.75, 3.05) is 17.7 Å². The van der Waals surface area contributed by atoms with Gasteiger partial charge in [0.15, 0.2) is 11.0 Å². The van der Waals surface area contributed by atoms with Crippen LogP contribution in [0.25, 0.3) is 5.69 Å². The number of benzene rings is 2.